The zero-order valence-electron chi connectivity index (χ0n) is 17.0. The highest BCUT2D eigenvalue weighted by molar-refractivity contribution is 7.88. The van der Waals surface area contributed by atoms with E-state index in [1.165, 1.54) is 10.6 Å². The van der Waals surface area contributed by atoms with Gasteiger partial charge in [-0.3, -0.25) is 9.69 Å². The first-order chi connectivity index (χ1) is 13.1. The number of hydrogen-bond acceptors (Lipinski definition) is 5. The lowest BCUT2D eigenvalue weighted by atomic mass is 10.1. The van der Waals surface area contributed by atoms with E-state index in [-0.39, 0.29) is 5.91 Å². The summed E-state index contributed by atoms with van der Waals surface area (Å²) in [5, 5.41) is 2.93. The molecular weight excluding hydrogens is 378 g/mol. The number of rotatable bonds is 6. The second-order valence-corrected chi connectivity index (χ2v) is 9.86. The van der Waals surface area contributed by atoms with Gasteiger partial charge < -0.3 is 9.88 Å². The van der Waals surface area contributed by atoms with Crippen molar-refractivity contribution in [2.24, 2.45) is 13.0 Å². The van der Waals surface area contributed by atoms with Crippen molar-refractivity contribution in [2.45, 2.75) is 26.8 Å². The summed E-state index contributed by atoms with van der Waals surface area (Å²) < 4.78 is 26.9. The molecule has 9 heteroatoms. The van der Waals surface area contributed by atoms with Crippen LogP contribution >= 0.6 is 0 Å². The summed E-state index contributed by atoms with van der Waals surface area (Å²) in [6, 6.07) is 5.77. The topological polar surface area (TPSA) is 87.5 Å². The highest BCUT2D eigenvalue weighted by Crippen LogP contribution is 2.21. The van der Waals surface area contributed by atoms with Gasteiger partial charge in [0, 0.05) is 45.3 Å². The average Bonchev–Trinajstić information content (AvgIpc) is 2.89. The third-order valence-corrected chi connectivity index (χ3v) is 6.32. The second kappa shape index (κ2) is 8.18. The van der Waals surface area contributed by atoms with Crippen molar-refractivity contribution in [3.63, 3.8) is 0 Å². The van der Waals surface area contributed by atoms with Crippen molar-refractivity contribution in [2.75, 3.05) is 37.8 Å². The normalized spacial score (nSPS) is 16.8. The van der Waals surface area contributed by atoms with Crippen molar-refractivity contribution < 1.29 is 13.2 Å². The van der Waals surface area contributed by atoms with Gasteiger partial charge >= 0.3 is 0 Å². The van der Waals surface area contributed by atoms with Crippen LogP contribution in [0.1, 0.15) is 26.1 Å². The standard InChI is InChI=1S/C19H29N5O3S/c1-14(2)11-19(25)20-15-5-6-17-16(12-15)21-18(22(17)3)13-23-7-9-24(10-8-23)28(4,26)27/h5-6,12,14H,7-11,13H2,1-4H3,(H,20,25). The van der Waals surface area contributed by atoms with Gasteiger partial charge in [-0.2, -0.15) is 4.31 Å². The number of carbonyl (C=O) groups is 1. The fourth-order valence-electron chi connectivity index (χ4n) is 3.47. The van der Waals surface area contributed by atoms with Crippen LogP contribution in [0.5, 0.6) is 0 Å². The molecule has 1 aromatic carbocycles. The Kier molecular flexibility index (Phi) is 6.07. The van der Waals surface area contributed by atoms with Gasteiger partial charge in [-0.25, -0.2) is 13.4 Å². The summed E-state index contributed by atoms with van der Waals surface area (Å²) in [4.78, 5) is 19.0. The molecule has 0 saturated carbocycles. The number of amides is 1. The minimum atomic E-state index is -3.12. The smallest absolute Gasteiger partial charge is 0.224 e. The molecule has 0 bridgehead atoms. The van der Waals surface area contributed by atoms with E-state index in [0.717, 1.165) is 22.5 Å². The number of benzene rings is 1. The van der Waals surface area contributed by atoms with Gasteiger partial charge in [-0.15, -0.1) is 0 Å². The Morgan fingerprint density at radius 1 is 1.21 bits per heavy atom. The number of imidazole rings is 1. The fraction of sp³-hybridized carbons (Fsp3) is 0.579. The van der Waals surface area contributed by atoms with Gasteiger partial charge in [-0.1, -0.05) is 13.8 Å². The lowest BCUT2D eigenvalue weighted by Crippen LogP contribution is -2.48. The molecule has 28 heavy (non-hydrogen) atoms. The molecular formula is C19H29N5O3S. The van der Waals surface area contributed by atoms with Crippen LogP contribution < -0.4 is 5.32 Å². The quantitative estimate of drug-likeness (QED) is 0.786. The van der Waals surface area contributed by atoms with Crippen LogP contribution in [0.15, 0.2) is 18.2 Å². The number of anilines is 1. The average molecular weight is 408 g/mol. The van der Waals surface area contributed by atoms with Crippen LogP contribution in [0.25, 0.3) is 11.0 Å². The minimum absolute atomic E-state index is 0.00857. The van der Waals surface area contributed by atoms with Crippen LogP contribution in [0.2, 0.25) is 0 Å². The Bertz CT molecular complexity index is 959. The molecule has 0 spiro atoms. The Hall–Kier alpha value is -1.97. The zero-order chi connectivity index (χ0) is 20.5. The Labute approximate surface area is 166 Å². The molecule has 0 radical (unpaired) electrons. The van der Waals surface area contributed by atoms with Crippen molar-refractivity contribution in [3.8, 4) is 0 Å². The molecule has 154 valence electrons. The SMILES string of the molecule is CC(C)CC(=O)Nc1ccc2c(c1)nc(CN1CCN(S(C)(=O)=O)CC1)n2C. The summed E-state index contributed by atoms with van der Waals surface area (Å²) in [6.45, 7) is 7.09. The largest absolute Gasteiger partial charge is 0.330 e. The fourth-order valence-corrected chi connectivity index (χ4v) is 4.30. The Morgan fingerprint density at radius 2 is 1.89 bits per heavy atom. The van der Waals surface area contributed by atoms with Crippen molar-refractivity contribution in [1.29, 1.82) is 0 Å². The number of hydrogen-bond donors (Lipinski definition) is 1. The lowest BCUT2D eigenvalue weighted by Gasteiger charge is -2.32. The Balaban J connectivity index is 1.69. The van der Waals surface area contributed by atoms with E-state index in [4.69, 9.17) is 4.98 Å². The van der Waals surface area contributed by atoms with Gasteiger partial charge in [0.15, 0.2) is 0 Å². The van der Waals surface area contributed by atoms with Crippen molar-refractivity contribution >= 4 is 32.7 Å². The second-order valence-electron chi connectivity index (χ2n) is 7.87. The van der Waals surface area contributed by atoms with Gasteiger partial charge in [0.05, 0.1) is 23.8 Å². The highest BCUT2D eigenvalue weighted by Gasteiger charge is 2.24. The Morgan fingerprint density at radius 3 is 2.50 bits per heavy atom. The molecule has 1 N–H and O–H groups in total. The van der Waals surface area contributed by atoms with Crippen LogP contribution in [0, 0.1) is 5.92 Å². The third kappa shape index (κ3) is 4.89. The molecule has 2 aromatic rings. The molecule has 1 fully saturated rings. The predicted octanol–water partition coefficient (Wildman–Crippen LogP) is 1.64. The number of nitrogens with zero attached hydrogens (tertiary/aromatic N) is 4. The molecule has 1 aliphatic heterocycles. The number of nitrogens with one attached hydrogen (secondary N) is 1. The lowest BCUT2D eigenvalue weighted by molar-refractivity contribution is -0.116. The maximum absolute atomic E-state index is 12.0. The molecule has 0 unspecified atom stereocenters. The molecule has 1 amide bonds. The van der Waals surface area contributed by atoms with E-state index < -0.39 is 10.0 Å². The molecule has 2 heterocycles. The molecule has 1 saturated heterocycles. The number of piperazine rings is 1. The molecule has 0 atom stereocenters. The summed E-state index contributed by atoms with van der Waals surface area (Å²) in [7, 11) is -1.14. The zero-order valence-corrected chi connectivity index (χ0v) is 17.8. The monoisotopic (exact) mass is 407 g/mol. The summed E-state index contributed by atoms with van der Waals surface area (Å²) >= 11 is 0. The maximum Gasteiger partial charge on any atom is 0.224 e. The number of fused-ring (bicyclic) bond motifs is 1. The van der Waals surface area contributed by atoms with Crippen molar-refractivity contribution in [1.82, 2.24) is 18.8 Å². The van der Waals surface area contributed by atoms with Gasteiger partial charge in [0.2, 0.25) is 15.9 Å². The summed E-state index contributed by atoms with van der Waals surface area (Å²) in [6.07, 6.45) is 1.75. The molecule has 1 aromatic heterocycles. The first-order valence-electron chi connectivity index (χ1n) is 9.56. The van der Waals surface area contributed by atoms with Crippen LogP contribution in [0.4, 0.5) is 5.69 Å². The number of aromatic nitrogens is 2. The van der Waals surface area contributed by atoms with Gasteiger partial charge in [-0.05, 0) is 24.1 Å². The van der Waals surface area contributed by atoms with Gasteiger partial charge in [0.1, 0.15) is 5.82 Å². The van der Waals surface area contributed by atoms with E-state index in [2.05, 4.69) is 14.8 Å². The summed E-state index contributed by atoms with van der Waals surface area (Å²) in [5.74, 6) is 1.25. The first-order valence-corrected chi connectivity index (χ1v) is 11.4. The van der Waals surface area contributed by atoms with Gasteiger partial charge in [0.25, 0.3) is 0 Å². The van der Waals surface area contributed by atoms with E-state index in [1.54, 1.807) is 0 Å². The number of sulfonamides is 1. The van der Waals surface area contributed by atoms with Crippen LogP contribution in [-0.4, -0.2) is 65.5 Å². The molecule has 8 nitrogen and oxygen atoms in total. The predicted molar refractivity (Wildman–Crippen MR) is 110 cm³/mol. The van der Waals surface area contributed by atoms with E-state index in [0.29, 0.717) is 45.1 Å². The van der Waals surface area contributed by atoms with E-state index >= 15 is 0 Å². The van der Waals surface area contributed by atoms with E-state index in [1.807, 2.05) is 39.1 Å². The highest BCUT2D eigenvalue weighted by atomic mass is 32.2. The van der Waals surface area contributed by atoms with Crippen molar-refractivity contribution in [3.05, 3.63) is 24.0 Å². The molecule has 3 rings (SSSR count). The number of carbonyl (C=O) groups excluding carboxylic acids is 1. The first kappa shape index (κ1) is 20.8. The van der Waals surface area contributed by atoms with E-state index in [9.17, 15) is 13.2 Å². The van der Waals surface area contributed by atoms with Crippen LogP contribution in [0.3, 0.4) is 0 Å². The molecule has 1 aliphatic rings. The maximum atomic E-state index is 12.0. The third-order valence-electron chi connectivity index (χ3n) is 5.02. The minimum Gasteiger partial charge on any atom is -0.330 e. The van der Waals surface area contributed by atoms with Crippen LogP contribution in [-0.2, 0) is 28.4 Å². The summed E-state index contributed by atoms with van der Waals surface area (Å²) in [5.41, 5.74) is 2.60. The number of aryl methyl sites for hydroxylation is 1. The molecule has 0 aliphatic carbocycles.